The van der Waals surface area contributed by atoms with Crippen LogP contribution in [0, 0.1) is 0 Å². The number of ether oxygens (including phenoxy) is 3. The van der Waals surface area contributed by atoms with Crippen molar-refractivity contribution in [1.82, 2.24) is 0 Å². The SMILES string of the molecule is CCOc1ccc(Cc2cc([C@@H]3O[C@H](COC(=O)CC)[C@@H](O)[C@H](O)[C@H]3O)ccc2Cl)cc1. The van der Waals surface area contributed by atoms with E-state index < -0.39 is 36.5 Å². The summed E-state index contributed by atoms with van der Waals surface area (Å²) in [5.74, 6) is 0.347. The minimum Gasteiger partial charge on any atom is -0.494 e. The lowest BCUT2D eigenvalue weighted by Gasteiger charge is -2.40. The number of aliphatic hydroxyl groups excluding tert-OH is 3. The first-order chi connectivity index (χ1) is 15.3. The number of carbonyl (C=O) groups excluding carboxylic acids is 1. The molecular weight excluding hydrogens is 436 g/mol. The van der Waals surface area contributed by atoms with Crippen LogP contribution >= 0.6 is 11.6 Å². The Hall–Kier alpha value is -2.16. The van der Waals surface area contributed by atoms with Crippen LogP contribution in [-0.2, 0) is 20.7 Å². The van der Waals surface area contributed by atoms with Crippen molar-refractivity contribution >= 4 is 17.6 Å². The van der Waals surface area contributed by atoms with E-state index in [1.807, 2.05) is 37.3 Å². The Morgan fingerprint density at radius 3 is 2.41 bits per heavy atom. The largest absolute Gasteiger partial charge is 0.494 e. The van der Waals surface area contributed by atoms with Crippen LogP contribution in [0.25, 0.3) is 0 Å². The van der Waals surface area contributed by atoms with Crippen molar-refractivity contribution in [2.75, 3.05) is 13.2 Å². The molecule has 2 aromatic carbocycles. The summed E-state index contributed by atoms with van der Waals surface area (Å²) in [5.41, 5.74) is 2.44. The molecule has 8 heteroatoms. The number of rotatable bonds is 8. The van der Waals surface area contributed by atoms with Crippen LogP contribution in [0.2, 0.25) is 5.02 Å². The molecule has 1 aliphatic rings. The van der Waals surface area contributed by atoms with Gasteiger partial charge in [0.2, 0.25) is 0 Å². The molecule has 3 rings (SSSR count). The Bertz CT molecular complexity index is 902. The third-order valence-electron chi connectivity index (χ3n) is 5.44. The number of carbonyl (C=O) groups is 1. The van der Waals surface area contributed by atoms with Gasteiger partial charge in [-0.25, -0.2) is 0 Å². The summed E-state index contributed by atoms with van der Waals surface area (Å²) in [7, 11) is 0. The summed E-state index contributed by atoms with van der Waals surface area (Å²) in [6.07, 6.45) is -5.36. The standard InChI is InChI=1S/C24H29ClO7/c1-3-20(26)31-13-19-21(27)22(28)23(29)24(32-19)15-7-10-18(25)16(12-15)11-14-5-8-17(9-6-14)30-4-2/h5-10,12,19,21-24,27-29H,3-4,11,13H2,1-2H3/t19-,21-,22+,23-,24+/m1/s1. The second-order valence-electron chi connectivity index (χ2n) is 7.71. The van der Waals surface area contributed by atoms with Crippen molar-refractivity contribution in [3.05, 3.63) is 64.2 Å². The summed E-state index contributed by atoms with van der Waals surface area (Å²) >= 11 is 6.41. The summed E-state index contributed by atoms with van der Waals surface area (Å²) in [5, 5.41) is 31.7. The monoisotopic (exact) mass is 464 g/mol. The highest BCUT2D eigenvalue weighted by atomic mass is 35.5. The number of esters is 1. The van der Waals surface area contributed by atoms with Gasteiger partial charge in [-0.15, -0.1) is 0 Å². The summed E-state index contributed by atoms with van der Waals surface area (Å²) < 4.78 is 16.4. The fourth-order valence-electron chi connectivity index (χ4n) is 3.64. The number of hydrogen-bond acceptors (Lipinski definition) is 7. The fourth-order valence-corrected chi connectivity index (χ4v) is 3.82. The quantitative estimate of drug-likeness (QED) is 0.516. The lowest BCUT2D eigenvalue weighted by Crippen LogP contribution is -2.55. The van der Waals surface area contributed by atoms with Crippen LogP contribution in [0.1, 0.15) is 43.1 Å². The van der Waals surface area contributed by atoms with Crippen molar-refractivity contribution < 1.29 is 34.3 Å². The number of benzene rings is 2. The molecule has 0 aromatic heterocycles. The molecule has 1 fully saturated rings. The molecule has 1 aliphatic heterocycles. The molecule has 0 amide bonds. The second kappa shape index (κ2) is 11.1. The molecule has 7 nitrogen and oxygen atoms in total. The van der Waals surface area contributed by atoms with Gasteiger partial charge < -0.3 is 29.5 Å². The summed E-state index contributed by atoms with van der Waals surface area (Å²) in [4.78, 5) is 11.5. The predicted molar refractivity (Wildman–Crippen MR) is 119 cm³/mol. The Balaban J connectivity index is 1.79. The van der Waals surface area contributed by atoms with Gasteiger partial charge in [-0.1, -0.05) is 42.8 Å². The first kappa shape index (κ1) is 24.5. The lowest BCUT2D eigenvalue weighted by atomic mass is 9.90. The van der Waals surface area contributed by atoms with Crippen molar-refractivity contribution in [3.63, 3.8) is 0 Å². The highest BCUT2D eigenvalue weighted by molar-refractivity contribution is 6.31. The first-order valence-electron chi connectivity index (χ1n) is 10.7. The molecule has 1 heterocycles. The Morgan fingerprint density at radius 1 is 1.03 bits per heavy atom. The average molecular weight is 465 g/mol. The number of halogens is 1. The van der Waals surface area contributed by atoms with E-state index >= 15 is 0 Å². The van der Waals surface area contributed by atoms with Crippen LogP contribution in [0.3, 0.4) is 0 Å². The van der Waals surface area contributed by atoms with E-state index in [-0.39, 0.29) is 13.0 Å². The van der Waals surface area contributed by atoms with Gasteiger partial charge in [0.05, 0.1) is 6.61 Å². The van der Waals surface area contributed by atoms with Gasteiger partial charge in [0.25, 0.3) is 0 Å². The fraction of sp³-hybridized carbons (Fsp3) is 0.458. The average Bonchev–Trinajstić information content (AvgIpc) is 2.80. The van der Waals surface area contributed by atoms with Gasteiger partial charge >= 0.3 is 5.97 Å². The molecule has 0 bridgehead atoms. The van der Waals surface area contributed by atoms with Crippen molar-refractivity contribution in [2.24, 2.45) is 0 Å². The van der Waals surface area contributed by atoms with Crippen molar-refractivity contribution in [1.29, 1.82) is 0 Å². The lowest BCUT2D eigenvalue weighted by molar-refractivity contribution is -0.234. The Kier molecular flexibility index (Phi) is 8.51. The van der Waals surface area contributed by atoms with Gasteiger partial charge in [0.15, 0.2) is 0 Å². The van der Waals surface area contributed by atoms with Gasteiger partial charge in [0.1, 0.15) is 42.9 Å². The highest BCUT2D eigenvalue weighted by Gasteiger charge is 2.44. The van der Waals surface area contributed by atoms with Crippen molar-refractivity contribution in [3.8, 4) is 5.75 Å². The van der Waals surface area contributed by atoms with Gasteiger partial charge in [-0.2, -0.15) is 0 Å². The maximum atomic E-state index is 11.5. The van der Waals surface area contributed by atoms with E-state index in [1.165, 1.54) is 0 Å². The molecule has 5 atom stereocenters. The van der Waals surface area contributed by atoms with Gasteiger partial charge in [-0.3, -0.25) is 4.79 Å². The maximum Gasteiger partial charge on any atom is 0.305 e. The van der Waals surface area contributed by atoms with E-state index in [2.05, 4.69) is 0 Å². The zero-order chi connectivity index (χ0) is 23.3. The first-order valence-corrected chi connectivity index (χ1v) is 11.1. The minimum absolute atomic E-state index is 0.184. The van der Waals surface area contributed by atoms with E-state index in [1.54, 1.807) is 19.1 Å². The molecule has 174 valence electrons. The predicted octanol–water partition coefficient (Wildman–Crippen LogP) is 2.81. The zero-order valence-electron chi connectivity index (χ0n) is 18.1. The second-order valence-corrected chi connectivity index (χ2v) is 8.12. The highest BCUT2D eigenvalue weighted by Crippen LogP contribution is 2.34. The third kappa shape index (κ3) is 5.79. The molecule has 3 N–H and O–H groups in total. The summed E-state index contributed by atoms with van der Waals surface area (Å²) in [6, 6.07) is 12.9. The molecule has 0 spiro atoms. The molecule has 0 unspecified atom stereocenters. The van der Waals surface area contributed by atoms with E-state index in [4.69, 9.17) is 25.8 Å². The molecular formula is C24H29ClO7. The Morgan fingerprint density at radius 2 is 1.75 bits per heavy atom. The van der Waals surface area contributed by atoms with Gasteiger partial charge in [-0.05, 0) is 48.2 Å². The topological polar surface area (TPSA) is 105 Å². The normalized spacial score (nSPS) is 25.4. The van der Waals surface area contributed by atoms with E-state index in [0.29, 0.717) is 23.6 Å². The van der Waals surface area contributed by atoms with Crippen LogP contribution < -0.4 is 4.74 Å². The van der Waals surface area contributed by atoms with Crippen LogP contribution in [0.4, 0.5) is 0 Å². The Labute approximate surface area is 192 Å². The smallest absolute Gasteiger partial charge is 0.305 e. The molecule has 32 heavy (non-hydrogen) atoms. The number of hydrogen-bond donors (Lipinski definition) is 3. The molecule has 0 aliphatic carbocycles. The third-order valence-corrected chi connectivity index (χ3v) is 5.81. The van der Waals surface area contributed by atoms with Gasteiger partial charge in [0, 0.05) is 11.4 Å². The molecule has 1 saturated heterocycles. The van der Waals surface area contributed by atoms with Crippen molar-refractivity contribution in [2.45, 2.75) is 57.2 Å². The van der Waals surface area contributed by atoms with Crippen LogP contribution in [-0.4, -0.2) is 58.9 Å². The van der Waals surface area contributed by atoms with Crippen LogP contribution in [0.5, 0.6) is 5.75 Å². The number of aliphatic hydroxyl groups is 3. The van der Waals surface area contributed by atoms with Crippen LogP contribution in [0.15, 0.2) is 42.5 Å². The molecule has 0 saturated carbocycles. The van der Waals surface area contributed by atoms with E-state index in [0.717, 1.165) is 16.9 Å². The minimum atomic E-state index is -1.45. The van der Waals surface area contributed by atoms with E-state index in [9.17, 15) is 20.1 Å². The molecule has 0 radical (unpaired) electrons. The summed E-state index contributed by atoms with van der Waals surface area (Å²) in [6.45, 7) is 3.95. The molecule has 2 aromatic rings. The zero-order valence-corrected chi connectivity index (χ0v) is 18.9. The maximum absolute atomic E-state index is 11.5.